The minimum Gasteiger partial charge on any atom is -0.465 e. The van der Waals surface area contributed by atoms with Crippen LogP contribution >= 0.6 is 0 Å². The SMILES string of the molecule is CC(CC1C(=O)C2C(=O)OCC12)OC(=O)C(F)(F)S(=O)(=O)O. The molecule has 1 aliphatic carbocycles. The van der Waals surface area contributed by atoms with Gasteiger partial charge in [0.25, 0.3) is 0 Å². The van der Waals surface area contributed by atoms with Crippen molar-refractivity contribution in [3.8, 4) is 0 Å². The van der Waals surface area contributed by atoms with Crippen LogP contribution in [0.3, 0.4) is 0 Å². The number of ketones is 1. The highest BCUT2D eigenvalue weighted by atomic mass is 32.2. The third-order valence-electron chi connectivity index (χ3n) is 3.74. The van der Waals surface area contributed by atoms with Crippen LogP contribution in [0.4, 0.5) is 8.78 Å². The summed E-state index contributed by atoms with van der Waals surface area (Å²) < 4.78 is 64.1. The summed E-state index contributed by atoms with van der Waals surface area (Å²) in [5, 5.41) is -5.08. The molecule has 1 N–H and O–H groups in total. The molecule has 11 heteroatoms. The smallest absolute Gasteiger partial charge is 0.465 e. The van der Waals surface area contributed by atoms with Gasteiger partial charge in [0.15, 0.2) is 5.78 Å². The van der Waals surface area contributed by atoms with Crippen molar-refractivity contribution in [3.05, 3.63) is 0 Å². The minimum atomic E-state index is -5.94. The highest BCUT2D eigenvalue weighted by Gasteiger charge is 2.59. The van der Waals surface area contributed by atoms with Gasteiger partial charge in [0.05, 0.1) is 12.7 Å². The highest BCUT2D eigenvalue weighted by Crippen LogP contribution is 2.44. The van der Waals surface area contributed by atoms with Crippen molar-refractivity contribution in [1.29, 1.82) is 0 Å². The van der Waals surface area contributed by atoms with Gasteiger partial charge in [0.2, 0.25) is 0 Å². The molecule has 0 radical (unpaired) electrons. The maximum Gasteiger partial charge on any atom is 0.465 e. The number of carbonyl (C=O) groups is 3. The largest absolute Gasteiger partial charge is 0.465 e. The molecule has 0 spiro atoms. The van der Waals surface area contributed by atoms with Crippen LogP contribution in [0.2, 0.25) is 0 Å². The van der Waals surface area contributed by atoms with Gasteiger partial charge in [-0.2, -0.15) is 17.2 Å². The Morgan fingerprint density at radius 3 is 2.64 bits per heavy atom. The van der Waals surface area contributed by atoms with E-state index < -0.39 is 51.0 Å². The van der Waals surface area contributed by atoms with Crippen LogP contribution in [0.1, 0.15) is 13.3 Å². The van der Waals surface area contributed by atoms with E-state index in [1.807, 2.05) is 0 Å². The number of esters is 2. The number of ether oxygens (including phenoxy) is 2. The van der Waals surface area contributed by atoms with Gasteiger partial charge in [-0.05, 0) is 13.3 Å². The first-order valence-corrected chi connectivity index (χ1v) is 7.67. The molecule has 2 fully saturated rings. The molecule has 0 aromatic rings. The molecular weight excluding hydrogens is 330 g/mol. The molecule has 1 saturated heterocycles. The Hall–Kier alpha value is -1.62. The molecule has 4 unspecified atom stereocenters. The lowest BCUT2D eigenvalue weighted by Gasteiger charge is -2.36. The molecule has 0 amide bonds. The van der Waals surface area contributed by atoms with E-state index in [1.165, 1.54) is 6.92 Å². The predicted molar refractivity (Wildman–Crippen MR) is 63.1 cm³/mol. The van der Waals surface area contributed by atoms with Gasteiger partial charge in [0, 0.05) is 11.8 Å². The van der Waals surface area contributed by atoms with Crippen molar-refractivity contribution in [1.82, 2.24) is 0 Å². The second kappa shape index (κ2) is 5.23. The third kappa shape index (κ3) is 2.58. The molecule has 0 aromatic heterocycles. The van der Waals surface area contributed by atoms with Gasteiger partial charge in [-0.15, -0.1) is 0 Å². The van der Waals surface area contributed by atoms with E-state index in [-0.39, 0.29) is 18.9 Å². The molecular formula is C11H12F2O8S. The number of Topliss-reactive ketones (excluding diaryl/α,β-unsaturated/α-hetero) is 1. The number of cyclic esters (lactones) is 1. The number of hydrogen-bond donors (Lipinski definition) is 1. The maximum absolute atomic E-state index is 13.0. The number of hydrogen-bond acceptors (Lipinski definition) is 7. The molecule has 124 valence electrons. The van der Waals surface area contributed by atoms with Gasteiger partial charge in [-0.3, -0.25) is 14.1 Å². The molecule has 4 atom stereocenters. The van der Waals surface area contributed by atoms with Gasteiger partial charge in [-0.25, -0.2) is 4.79 Å². The summed E-state index contributed by atoms with van der Waals surface area (Å²) in [6.07, 6.45) is -1.35. The standard InChI is InChI=1S/C11H12F2O8S/c1-4(21-10(16)11(12,13)22(17,18)19)2-5-6-3-20-9(15)7(6)8(5)14/h4-7H,2-3H2,1H3,(H,17,18,19). The van der Waals surface area contributed by atoms with Gasteiger partial charge < -0.3 is 9.47 Å². The van der Waals surface area contributed by atoms with Crippen LogP contribution in [-0.2, 0) is 34.0 Å². The number of alkyl halides is 2. The molecule has 2 aliphatic rings. The number of fused-ring (bicyclic) bond motifs is 1. The average Bonchev–Trinajstić information content (AvgIpc) is 2.72. The van der Waals surface area contributed by atoms with Crippen LogP contribution in [0.25, 0.3) is 0 Å². The third-order valence-corrected chi connectivity index (χ3v) is 4.56. The molecule has 2 rings (SSSR count). The molecule has 0 aromatic carbocycles. The van der Waals surface area contributed by atoms with Crippen molar-refractivity contribution in [2.24, 2.45) is 17.8 Å². The lowest BCUT2D eigenvalue weighted by atomic mass is 9.63. The van der Waals surface area contributed by atoms with Crippen LogP contribution in [0.15, 0.2) is 0 Å². The molecule has 22 heavy (non-hydrogen) atoms. The van der Waals surface area contributed by atoms with Gasteiger partial charge in [-0.1, -0.05) is 0 Å². The van der Waals surface area contributed by atoms with E-state index in [9.17, 15) is 31.6 Å². The zero-order valence-electron chi connectivity index (χ0n) is 11.2. The summed E-state index contributed by atoms with van der Waals surface area (Å²) in [7, 11) is -5.94. The fourth-order valence-electron chi connectivity index (χ4n) is 2.59. The second-order valence-corrected chi connectivity index (χ2v) is 6.69. The number of halogens is 2. The van der Waals surface area contributed by atoms with Crippen LogP contribution < -0.4 is 0 Å². The Bertz CT molecular complexity index is 628. The van der Waals surface area contributed by atoms with Crippen LogP contribution in [-0.4, -0.2) is 48.7 Å². The highest BCUT2D eigenvalue weighted by molar-refractivity contribution is 7.87. The van der Waals surface area contributed by atoms with Gasteiger partial charge in [0.1, 0.15) is 5.92 Å². The molecule has 0 bridgehead atoms. The van der Waals surface area contributed by atoms with E-state index in [1.54, 1.807) is 0 Å². The van der Waals surface area contributed by atoms with Gasteiger partial charge >= 0.3 is 27.3 Å². The van der Waals surface area contributed by atoms with Crippen LogP contribution in [0.5, 0.6) is 0 Å². The van der Waals surface area contributed by atoms with Crippen LogP contribution in [0, 0.1) is 17.8 Å². The lowest BCUT2D eigenvalue weighted by molar-refractivity contribution is -0.169. The summed E-state index contributed by atoms with van der Waals surface area (Å²) in [5.41, 5.74) is 0. The van der Waals surface area contributed by atoms with Crippen molar-refractivity contribution >= 4 is 27.8 Å². The van der Waals surface area contributed by atoms with Crippen molar-refractivity contribution < 1.29 is 45.6 Å². The first-order chi connectivity index (χ1) is 9.96. The summed E-state index contributed by atoms with van der Waals surface area (Å²) in [4.78, 5) is 34.0. The quantitative estimate of drug-likeness (QED) is 0.413. The normalized spacial score (nSPS) is 29.4. The summed E-state index contributed by atoms with van der Waals surface area (Å²) in [6.45, 7) is 1.22. The Morgan fingerprint density at radius 1 is 1.50 bits per heavy atom. The zero-order valence-corrected chi connectivity index (χ0v) is 12.0. The maximum atomic E-state index is 13.0. The monoisotopic (exact) mass is 342 g/mol. The number of rotatable bonds is 5. The van der Waals surface area contributed by atoms with E-state index in [2.05, 4.69) is 4.74 Å². The van der Waals surface area contributed by atoms with E-state index in [4.69, 9.17) is 9.29 Å². The first-order valence-electron chi connectivity index (χ1n) is 6.23. The molecule has 1 heterocycles. The summed E-state index contributed by atoms with van der Waals surface area (Å²) >= 11 is 0. The first kappa shape index (κ1) is 16.7. The predicted octanol–water partition coefficient (Wildman–Crippen LogP) is -0.223. The Balaban J connectivity index is 1.95. The number of carbonyl (C=O) groups excluding carboxylic acids is 3. The topological polar surface area (TPSA) is 124 Å². The Kier molecular flexibility index (Phi) is 3.98. The fraction of sp³-hybridized carbons (Fsp3) is 0.727. The zero-order chi connectivity index (χ0) is 16.9. The summed E-state index contributed by atoms with van der Waals surface area (Å²) in [5.74, 6) is -5.40. The minimum absolute atomic E-state index is 0.0295. The molecule has 1 saturated carbocycles. The van der Waals surface area contributed by atoms with E-state index in [0.29, 0.717) is 0 Å². The summed E-state index contributed by atoms with van der Waals surface area (Å²) in [6, 6.07) is 0. The van der Waals surface area contributed by atoms with E-state index in [0.717, 1.165) is 0 Å². The van der Waals surface area contributed by atoms with Crippen molar-refractivity contribution in [2.45, 2.75) is 24.7 Å². The Morgan fingerprint density at radius 2 is 2.09 bits per heavy atom. The lowest BCUT2D eigenvalue weighted by Crippen LogP contribution is -2.50. The van der Waals surface area contributed by atoms with E-state index >= 15 is 0 Å². The fourth-order valence-corrected chi connectivity index (χ4v) is 2.85. The van der Waals surface area contributed by atoms with Crippen molar-refractivity contribution in [3.63, 3.8) is 0 Å². The second-order valence-electron chi connectivity index (χ2n) is 5.22. The average molecular weight is 342 g/mol. The Labute approximate surface area is 123 Å². The molecule has 8 nitrogen and oxygen atoms in total. The van der Waals surface area contributed by atoms with Crippen molar-refractivity contribution in [2.75, 3.05) is 6.61 Å². The molecule has 1 aliphatic heterocycles.